The second-order valence-corrected chi connectivity index (χ2v) is 6.84. The van der Waals surface area contributed by atoms with E-state index >= 15 is 0 Å². The van der Waals surface area contributed by atoms with E-state index in [0.717, 1.165) is 17.0 Å². The maximum absolute atomic E-state index is 13.0. The monoisotopic (exact) mass is 419 g/mol. The standard InChI is InChI=1S/C23H18FN3O4/c24-16-8-6-15(7-9-16)22(29)26-25-20-14-21(28)27(23(20)30)17-10-12-19(13-11-17)31-18-4-2-1-3-5-18/h1-13,20,25H,14H2,(H,26,29). The van der Waals surface area contributed by atoms with Crippen LogP contribution in [-0.4, -0.2) is 23.8 Å². The van der Waals surface area contributed by atoms with Crippen LogP contribution in [0.15, 0.2) is 78.9 Å². The number of benzene rings is 3. The molecular formula is C23H18FN3O4. The van der Waals surface area contributed by atoms with Gasteiger partial charge in [-0.05, 0) is 60.7 Å². The van der Waals surface area contributed by atoms with Crippen molar-refractivity contribution in [2.24, 2.45) is 0 Å². The van der Waals surface area contributed by atoms with E-state index < -0.39 is 29.6 Å². The van der Waals surface area contributed by atoms with Gasteiger partial charge >= 0.3 is 0 Å². The van der Waals surface area contributed by atoms with Gasteiger partial charge in [-0.1, -0.05) is 18.2 Å². The molecule has 1 unspecified atom stereocenters. The highest BCUT2D eigenvalue weighted by Crippen LogP contribution is 2.27. The Hall–Kier alpha value is -4.04. The summed E-state index contributed by atoms with van der Waals surface area (Å²) >= 11 is 0. The van der Waals surface area contributed by atoms with Gasteiger partial charge in [-0.15, -0.1) is 0 Å². The maximum Gasteiger partial charge on any atom is 0.265 e. The van der Waals surface area contributed by atoms with E-state index in [1.807, 2.05) is 30.3 Å². The number of para-hydroxylation sites is 1. The zero-order valence-corrected chi connectivity index (χ0v) is 16.2. The molecule has 0 spiro atoms. The van der Waals surface area contributed by atoms with E-state index in [0.29, 0.717) is 17.2 Å². The third-order valence-electron chi connectivity index (χ3n) is 4.69. The molecule has 1 atom stereocenters. The van der Waals surface area contributed by atoms with Crippen LogP contribution in [0.1, 0.15) is 16.8 Å². The summed E-state index contributed by atoms with van der Waals surface area (Å²) < 4.78 is 18.7. The van der Waals surface area contributed by atoms with Crippen LogP contribution in [0.2, 0.25) is 0 Å². The summed E-state index contributed by atoms with van der Waals surface area (Å²) in [5, 5.41) is 0. The van der Waals surface area contributed by atoms with Gasteiger partial charge in [0.1, 0.15) is 23.4 Å². The van der Waals surface area contributed by atoms with Crippen molar-refractivity contribution in [3.05, 3.63) is 90.2 Å². The molecule has 3 aromatic rings. The van der Waals surface area contributed by atoms with Crippen LogP contribution >= 0.6 is 0 Å². The number of ether oxygens (including phenoxy) is 1. The highest BCUT2D eigenvalue weighted by Gasteiger charge is 2.39. The molecule has 7 nitrogen and oxygen atoms in total. The van der Waals surface area contributed by atoms with Gasteiger partial charge in [-0.3, -0.25) is 19.8 Å². The Kier molecular flexibility index (Phi) is 5.72. The number of rotatable bonds is 6. The van der Waals surface area contributed by atoms with Gasteiger partial charge in [-0.2, -0.15) is 0 Å². The van der Waals surface area contributed by atoms with Gasteiger partial charge in [-0.25, -0.2) is 14.7 Å². The minimum Gasteiger partial charge on any atom is -0.457 e. The quantitative estimate of drug-likeness (QED) is 0.473. The molecule has 3 amide bonds. The van der Waals surface area contributed by atoms with Crippen molar-refractivity contribution < 1.29 is 23.5 Å². The summed E-state index contributed by atoms with van der Waals surface area (Å²) in [6.45, 7) is 0. The Morgan fingerprint density at radius 3 is 2.23 bits per heavy atom. The van der Waals surface area contributed by atoms with E-state index in [9.17, 15) is 18.8 Å². The lowest BCUT2D eigenvalue weighted by Crippen LogP contribution is -2.48. The van der Waals surface area contributed by atoms with E-state index in [-0.39, 0.29) is 12.0 Å². The average Bonchev–Trinajstić information content (AvgIpc) is 3.07. The number of amides is 3. The molecule has 8 heteroatoms. The molecule has 4 rings (SSSR count). The van der Waals surface area contributed by atoms with Crippen LogP contribution in [0.5, 0.6) is 11.5 Å². The Morgan fingerprint density at radius 2 is 1.55 bits per heavy atom. The number of imide groups is 1. The Morgan fingerprint density at radius 1 is 0.903 bits per heavy atom. The van der Waals surface area contributed by atoms with Crippen LogP contribution in [0.3, 0.4) is 0 Å². The lowest BCUT2D eigenvalue weighted by atomic mass is 10.2. The fraction of sp³-hybridized carbons (Fsp3) is 0.0870. The van der Waals surface area contributed by atoms with Crippen LogP contribution in [-0.2, 0) is 9.59 Å². The van der Waals surface area contributed by atoms with E-state index in [1.165, 1.54) is 12.1 Å². The average molecular weight is 419 g/mol. The number of nitrogens with one attached hydrogen (secondary N) is 2. The van der Waals surface area contributed by atoms with Crippen LogP contribution in [0.25, 0.3) is 0 Å². The van der Waals surface area contributed by atoms with Crippen molar-refractivity contribution in [2.75, 3.05) is 4.90 Å². The topological polar surface area (TPSA) is 87.7 Å². The summed E-state index contributed by atoms with van der Waals surface area (Å²) in [6, 6.07) is 19.8. The normalized spacial score (nSPS) is 15.8. The molecule has 3 aromatic carbocycles. The highest BCUT2D eigenvalue weighted by molar-refractivity contribution is 6.22. The van der Waals surface area contributed by atoms with Gasteiger partial charge in [0, 0.05) is 5.56 Å². The Balaban J connectivity index is 1.38. The predicted octanol–water partition coefficient (Wildman–Crippen LogP) is 3.18. The van der Waals surface area contributed by atoms with Crippen LogP contribution in [0, 0.1) is 5.82 Å². The van der Waals surface area contributed by atoms with Crippen LogP contribution in [0.4, 0.5) is 10.1 Å². The summed E-state index contributed by atoms with van der Waals surface area (Å²) in [5.74, 6) is -0.644. The number of hydrogen-bond acceptors (Lipinski definition) is 5. The van der Waals surface area contributed by atoms with Crippen molar-refractivity contribution in [1.82, 2.24) is 10.9 Å². The van der Waals surface area contributed by atoms with Crippen molar-refractivity contribution in [1.29, 1.82) is 0 Å². The first-order valence-corrected chi connectivity index (χ1v) is 9.52. The van der Waals surface area contributed by atoms with Crippen LogP contribution < -0.4 is 20.5 Å². The highest BCUT2D eigenvalue weighted by atomic mass is 19.1. The fourth-order valence-corrected chi connectivity index (χ4v) is 3.13. The largest absolute Gasteiger partial charge is 0.457 e. The number of carbonyl (C=O) groups is 3. The Bertz CT molecular complexity index is 1100. The molecule has 2 N–H and O–H groups in total. The number of halogens is 1. The second kappa shape index (κ2) is 8.76. The van der Waals surface area contributed by atoms with E-state index in [2.05, 4.69) is 10.9 Å². The third kappa shape index (κ3) is 4.59. The molecule has 1 aliphatic heterocycles. The lowest BCUT2D eigenvalue weighted by Gasteiger charge is -2.16. The molecule has 0 bridgehead atoms. The van der Waals surface area contributed by atoms with Crippen molar-refractivity contribution >= 4 is 23.4 Å². The summed E-state index contributed by atoms with van der Waals surface area (Å²) in [7, 11) is 0. The molecule has 0 aliphatic carbocycles. The minimum absolute atomic E-state index is 0.106. The lowest BCUT2D eigenvalue weighted by molar-refractivity contribution is -0.121. The summed E-state index contributed by atoms with van der Waals surface area (Å²) in [5.41, 5.74) is 5.60. The van der Waals surface area contributed by atoms with Crippen molar-refractivity contribution in [2.45, 2.75) is 12.5 Å². The first-order valence-electron chi connectivity index (χ1n) is 9.52. The molecule has 1 saturated heterocycles. The van der Waals surface area contributed by atoms with Gasteiger partial charge in [0.2, 0.25) is 5.91 Å². The van der Waals surface area contributed by atoms with Gasteiger partial charge in [0.15, 0.2) is 0 Å². The van der Waals surface area contributed by atoms with Gasteiger partial charge in [0.25, 0.3) is 11.8 Å². The first kappa shape index (κ1) is 20.2. The molecule has 0 saturated carbocycles. The number of carbonyl (C=O) groups excluding carboxylic acids is 3. The van der Waals surface area contributed by atoms with E-state index in [4.69, 9.17) is 4.74 Å². The Labute approximate surface area is 177 Å². The van der Waals surface area contributed by atoms with Crippen molar-refractivity contribution in [3.8, 4) is 11.5 Å². The number of hydrogen-bond donors (Lipinski definition) is 2. The molecule has 0 radical (unpaired) electrons. The predicted molar refractivity (Wildman–Crippen MR) is 111 cm³/mol. The molecule has 31 heavy (non-hydrogen) atoms. The SMILES string of the molecule is O=C(NNC1CC(=O)N(c2ccc(Oc3ccccc3)cc2)C1=O)c1ccc(F)cc1. The number of hydrazine groups is 1. The first-order chi connectivity index (χ1) is 15.0. The molecular weight excluding hydrogens is 401 g/mol. The second-order valence-electron chi connectivity index (χ2n) is 6.84. The third-order valence-corrected chi connectivity index (χ3v) is 4.69. The zero-order valence-electron chi connectivity index (χ0n) is 16.2. The summed E-state index contributed by atoms with van der Waals surface area (Å²) in [6.07, 6.45) is -0.106. The zero-order chi connectivity index (χ0) is 21.8. The van der Waals surface area contributed by atoms with Gasteiger partial charge < -0.3 is 4.74 Å². The molecule has 1 heterocycles. The molecule has 156 valence electrons. The molecule has 1 fully saturated rings. The smallest absolute Gasteiger partial charge is 0.265 e. The van der Waals surface area contributed by atoms with Crippen molar-refractivity contribution in [3.63, 3.8) is 0 Å². The van der Waals surface area contributed by atoms with E-state index in [1.54, 1.807) is 24.3 Å². The fourth-order valence-electron chi connectivity index (χ4n) is 3.13. The number of anilines is 1. The molecule has 0 aromatic heterocycles. The number of nitrogens with zero attached hydrogens (tertiary/aromatic N) is 1. The maximum atomic E-state index is 13.0. The van der Waals surface area contributed by atoms with Gasteiger partial charge in [0.05, 0.1) is 12.1 Å². The minimum atomic E-state index is -0.905. The summed E-state index contributed by atoms with van der Waals surface area (Å²) in [4.78, 5) is 38.3. The molecule has 1 aliphatic rings.